The minimum atomic E-state index is -0.357. The van der Waals surface area contributed by atoms with Gasteiger partial charge in [-0.15, -0.1) is 29.3 Å². The van der Waals surface area contributed by atoms with Crippen molar-refractivity contribution in [2.24, 2.45) is 0 Å². The van der Waals surface area contributed by atoms with Crippen molar-refractivity contribution in [1.82, 2.24) is 14.9 Å². The largest absolute Gasteiger partial charge is 0.353 e. The van der Waals surface area contributed by atoms with Gasteiger partial charge in [-0.25, -0.2) is 4.98 Å². The third kappa shape index (κ3) is 4.17. The van der Waals surface area contributed by atoms with Gasteiger partial charge < -0.3 is 5.32 Å². The molecule has 3 aromatic heterocycles. The van der Waals surface area contributed by atoms with Crippen molar-refractivity contribution < 1.29 is 4.79 Å². The molecule has 0 fully saturated rings. The zero-order valence-electron chi connectivity index (χ0n) is 15.4. The second-order valence-corrected chi connectivity index (χ2v) is 9.44. The number of thioether (sulfide) groups is 1. The van der Waals surface area contributed by atoms with E-state index in [0.29, 0.717) is 21.9 Å². The molecule has 27 heavy (non-hydrogen) atoms. The third-order valence-corrected chi connectivity index (χ3v) is 6.70. The minimum Gasteiger partial charge on any atom is -0.353 e. The van der Waals surface area contributed by atoms with Crippen molar-refractivity contribution >= 4 is 50.6 Å². The normalized spacial score (nSPS) is 12.4. The van der Waals surface area contributed by atoms with Crippen molar-refractivity contribution in [2.45, 2.75) is 43.8 Å². The summed E-state index contributed by atoms with van der Waals surface area (Å²) in [5.74, 6) is -0.0695. The Balaban J connectivity index is 2.06. The lowest BCUT2D eigenvalue weighted by Gasteiger charge is -2.16. The molecule has 3 aromatic rings. The molecule has 0 bridgehead atoms. The maximum Gasteiger partial charge on any atom is 0.263 e. The number of allylic oxidation sites excluding steroid dienone is 1. The van der Waals surface area contributed by atoms with Crippen LogP contribution >= 0.6 is 34.4 Å². The van der Waals surface area contributed by atoms with Crippen LogP contribution in [0.4, 0.5) is 0 Å². The van der Waals surface area contributed by atoms with E-state index >= 15 is 0 Å². The molecule has 1 N–H and O–H groups in total. The first kappa shape index (κ1) is 19.9. The van der Waals surface area contributed by atoms with Crippen LogP contribution in [-0.4, -0.2) is 26.8 Å². The lowest BCUT2D eigenvalue weighted by Crippen LogP contribution is -2.36. The molecule has 3 heterocycles. The zero-order valence-corrected chi connectivity index (χ0v) is 17.8. The summed E-state index contributed by atoms with van der Waals surface area (Å²) in [7, 11) is 0. The van der Waals surface area contributed by atoms with Crippen LogP contribution in [0.1, 0.15) is 20.8 Å². The molecule has 142 valence electrons. The number of carbonyl (C=O) groups excluding carboxylic acids is 1. The van der Waals surface area contributed by atoms with Crippen molar-refractivity contribution in [1.29, 1.82) is 0 Å². The van der Waals surface area contributed by atoms with Crippen LogP contribution in [0.5, 0.6) is 0 Å². The van der Waals surface area contributed by atoms with E-state index in [2.05, 4.69) is 11.9 Å². The van der Waals surface area contributed by atoms with Crippen molar-refractivity contribution in [3.63, 3.8) is 0 Å². The Morgan fingerprint density at radius 1 is 1.41 bits per heavy atom. The number of nitrogens with zero attached hydrogens (tertiary/aromatic N) is 2. The van der Waals surface area contributed by atoms with Gasteiger partial charge in [0.2, 0.25) is 5.91 Å². The van der Waals surface area contributed by atoms with Crippen molar-refractivity contribution in [3.05, 3.63) is 45.9 Å². The quantitative estimate of drug-likeness (QED) is 0.351. The Morgan fingerprint density at radius 3 is 2.81 bits per heavy atom. The number of nitrogens with one attached hydrogen (secondary N) is 1. The summed E-state index contributed by atoms with van der Waals surface area (Å²) in [4.78, 5) is 31.9. The molecule has 0 spiro atoms. The number of aromatic nitrogens is 2. The standard InChI is InChI=1S/C19H21N3O2S3/c1-5-8-22-18(24)15-13(14-7-6-9-25-14)10-26-17(15)21-19(22)27-12(4)16(23)20-11(2)3/h5-7,9-12H,1,8H2,2-4H3,(H,20,23)/t12-/m0/s1. The molecule has 0 aromatic carbocycles. The van der Waals surface area contributed by atoms with Crippen LogP contribution in [0, 0.1) is 0 Å². The summed E-state index contributed by atoms with van der Waals surface area (Å²) in [5.41, 5.74) is 0.825. The Labute approximate surface area is 170 Å². The van der Waals surface area contributed by atoms with Crippen molar-refractivity contribution in [3.8, 4) is 10.4 Å². The molecular weight excluding hydrogens is 398 g/mol. The monoisotopic (exact) mass is 419 g/mol. The zero-order chi connectivity index (χ0) is 19.6. The van der Waals surface area contributed by atoms with Gasteiger partial charge in [0.1, 0.15) is 4.83 Å². The molecule has 0 unspecified atom stereocenters. The van der Waals surface area contributed by atoms with E-state index < -0.39 is 0 Å². The molecule has 3 rings (SSSR count). The molecule has 0 saturated heterocycles. The van der Waals surface area contributed by atoms with E-state index in [0.717, 1.165) is 10.4 Å². The highest BCUT2D eigenvalue weighted by Gasteiger charge is 2.21. The van der Waals surface area contributed by atoms with E-state index in [1.54, 1.807) is 22.0 Å². The molecule has 0 aliphatic rings. The maximum absolute atomic E-state index is 13.2. The summed E-state index contributed by atoms with van der Waals surface area (Å²) < 4.78 is 1.60. The number of fused-ring (bicyclic) bond motifs is 1. The van der Waals surface area contributed by atoms with Gasteiger partial charge in [-0.05, 0) is 32.2 Å². The lowest BCUT2D eigenvalue weighted by molar-refractivity contribution is -0.120. The van der Waals surface area contributed by atoms with E-state index in [1.807, 2.05) is 43.7 Å². The van der Waals surface area contributed by atoms with Crippen LogP contribution in [-0.2, 0) is 11.3 Å². The fraction of sp³-hybridized carbons (Fsp3) is 0.316. The predicted octanol–water partition coefficient (Wildman–Crippen LogP) is 4.38. The first-order chi connectivity index (χ1) is 12.9. The fourth-order valence-corrected chi connectivity index (χ4v) is 5.34. The first-order valence-corrected chi connectivity index (χ1v) is 11.2. The average Bonchev–Trinajstić information content (AvgIpc) is 3.26. The summed E-state index contributed by atoms with van der Waals surface area (Å²) >= 11 is 4.35. The van der Waals surface area contributed by atoms with Crippen LogP contribution in [0.3, 0.4) is 0 Å². The Morgan fingerprint density at radius 2 is 2.19 bits per heavy atom. The van der Waals surface area contributed by atoms with Crippen LogP contribution in [0.2, 0.25) is 0 Å². The number of amides is 1. The van der Waals surface area contributed by atoms with Gasteiger partial charge in [-0.3, -0.25) is 14.2 Å². The van der Waals surface area contributed by atoms with Gasteiger partial charge >= 0.3 is 0 Å². The Kier molecular flexibility index (Phi) is 6.18. The smallest absolute Gasteiger partial charge is 0.263 e. The highest BCUT2D eigenvalue weighted by Crippen LogP contribution is 2.35. The number of rotatable bonds is 7. The molecular formula is C19H21N3O2S3. The van der Waals surface area contributed by atoms with Crippen molar-refractivity contribution in [2.75, 3.05) is 0 Å². The number of thiophene rings is 2. The highest BCUT2D eigenvalue weighted by molar-refractivity contribution is 8.00. The molecule has 1 atom stereocenters. The maximum atomic E-state index is 13.2. The molecule has 0 radical (unpaired) electrons. The van der Waals surface area contributed by atoms with Gasteiger partial charge in [0.15, 0.2) is 5.16 Å². The second-order valence-electron chi connectivity index (χ2n) is 6.33. The van der Waals surface area contributed by atoms with Crippen LogP contribution in [0.15, 0.2) is 45.5 Å². The molecule has 1 amide bonds. The molecule has 0 aliphatic carbocycles. The summed E-state index contributed by atoms with van der Waals surface area (Å²) in [6.45, 7) is 9.78. The number of hydrogen-bond donors (Lipinski definition) is 1. The molecule has 5 nitrogen and oxygen atoms in total. The SMILES string of the molecule is C=CCn1c(S[C@@H](C)C(=O)NC(C)C)nc2scc(-c3cccs3)c2c1=O. The first-order valence-electron chi connectivity index (χ1n) is 8.56. The second kappa shape index (κ2) is 8.41. The van der Waals surface area contributed by atoms with Crippen LogP contribution < -0.4 is 10.9 Å². The average molecular weight is 420 g/mol. The lowest BCUT2D eigenvalue weighted by atomic mass is 10.2. The fourth-order valence-electron chi connectivity index (χ4n) is 2.61. The van der Waals surface area contributed by atoms with Gasteiger partial charge in [0, 0.05) is 28.4 Å². The van der Waals surface area contributed by atoms with Gasteiger partial charge in [-0.1, -0.05) is 23.9 Å². The van der Waals surface area contributed by atoms with Gasteiger partial charge in [0.25, 0.3) is 5.56 Å². The van der Waals surface area contributed by atoms with E-state index in [9.17, 15) is 9.59 Å². The van der Waals surface area contributed by atoms with E-state index in [1.165, 1.54) is 23.1 Å². The van der Waals surface area contributed by atoms with Gasteiger partial charge in [-0.2, -0.15) is 0 Å². The minimum absolute atomic E-state index is 0.0667. The summed E-state index contributed by atoms with van der Waals surface area (Å²) in [5, 5.41) is 7.69. The predicted molar refractivity (Wildman–Crippen MR) is 116 cm³/mol. The van der Waals surface area contributed by atoms with Gasteiger partial charge in [0.05, 0.1) is 10.6 Å². The third-order valence-electron chi connectivity index (χ3n) is 3.84. The summed E-state index contributed by atoms with van der Waals surface area (Å²) in [6.07, 6.45) is 1.68. The highest BCUT2D eigenvalue weighted by atomic mass is 32.2. The molecule has 0 aliphatic heterocycles. The molecule has 8 heteroatoms. The summed E-state index contributed by atoms with van der Waals surface area (Å²) in [6, 6.07) is 4.04. The van der Waals surface area contributed by atoms with E-state index in [4.69, 9.17) is 4.98 Å². The Hall–Kier alpha value is -1.90. The van der Waals surface area contributed by atoms with E-state index in [-0.39, 0.29) is 22.8 Å². The Bertz CT molecular complexity index is 1020. The van der Waals surface area contributed by atoms with Crippen LogP contribution in [0.25, 0.3) is 20.7 Å². The molecule has 0 saturated carbocycles. The topological polar surface area (TPSA) is 64.0 Å². The number of carbonyl (C=O) groups is 1. The number of hydrogen-bond acceptors (Lipinski definition) is 6.